The zero-order valence-corrected chi connectivity index (χ0v) is 19.7. The number of hydrogen-bond acceptors (Lipinski definition) is 6. The molecule has 0 aliphatic heterocycles. The first-order valence-electron chi connectivity index (χ1n) is 11.2. The van der Waals surface area contributed by atoms with Crippen LogP contribution in [0.2, 0.25) is 0 Å². The Balaban J connectivity index is 1.45. The molecule has 0 aliphatic rings. The minimum Gasteiger partial charge on any atom is -0.493 e. The fraction of sp³-hybridized carbons (Fsp3) is 0.222. The molecule has 0 saturated heterocycles. The van der Waals surface area contributed by atoms with E-state index in [1.807, 2.05) is 24.3 Å². The molecule has 0 radical (unpaired) electrons. The van der Waals surface area contributed by atoms with Crippen LogP contribution in [0.3, 0.4) is 0 Å². The number of amides is 1. The minimum absolute atomic E-state index is 0.0487. The summed E-state index contributed by atoms with van der Waals surface area (Å²) in [7, 11) is 1.58. The van der Waals surface area contributed by atoms with Crippen molar-refractivity contribution in [2.24, 2.45) is 5.73 Å². The maximum absolute atomic E-state index is 13.5. The van der Waals surface area contributed by atoms with E-state index < -0.39 is 23.6 Å². The van der Waals surface area contributed by atoms with E-state index in [0.29, 0.717) is 48.1 Å². The van der Waals surface area contributed by atoms with Crippen LogP contribution < -0.4 is 25.3 Å². The highest BCUT2D eigenvalue weighted by Gasteiger charge is 2.11. The number of nitrogens with one attached hydrogen (secondary N) is 1. The number of primary amides is 1. The predicted octanol–water partition coefficient (Wildman–Crippen LogP) is 3.41. The van der Waals surface area contributed by atoms with Gasteiger partial charge >= 0.3 is 0 Å². The summed E-state index contributed by atoms with van der Waals surface area (Å²) in [6.07, 6.45) is 0.624. The van der Waals surface area contributed by atoms with Crippen molar-refractivity contribution in [2.45, 2.75) is 6.10 Å². The largest absolute Gasteiger partial charge is 0.493 e. The molecule has 0 bridgehead atoms. The van der Waals surface area contributed by atoms with Crippen molar-refractivity contribution >= 4 is 17.6 Å². The van der Waals surface area contributed by atoms with Gasteiger partial charge in [-0.15, -0.1) is 0 Å². The second-order valence-corrected chi connectivity index (χ2v) is 7.79. The van der Waals surface area contributed by atoms with Crippen molar-refractivity contribution in [3.63, 3.8) is 0 Å². The van der Waals surface area contributed by atoms with E-state index in [-0.39, 0.29) is 12.2 Å². The molecule has 1 amide bonds. The molecule has 36 heavy (non-hydrogen) atoms. The van der Waals surface area contributed by atoms with Crippen molar-refractivity contribution in [1.82, 2.24) is 5.32 Å². The number of aliphatic hydroxyl groups is 1. The van der Waals surface area contributed by atoms with Crippen LogP contribution in [0, 0.1) is 11.6 Å². The molecule has 1 atom stereocenters. The molecule has 3 aromatic carbocycles. The quantitative estimate of drug-likeness (QED) is 0.190. The molecular weight excluding hydrogens is 470 g/mol. The number of rotatable bonds is 13. The van der Waals surface area contributed by atoms with Gasteiger partial charge in [-0.1, -0.05) is 30.3 Å². The number of nitrogens with two attached hydrogens (primary N) is 1. The van der Waals surface area contributed by atoms with Crippen LogP contribution in [0.25, 0.3) is 11.6 Å². The van der Waals surface area contributed by atoms with Crippen molar-refractivity contribution < 1.29 is 32.9 Å². The van der Waals surface area contributed by atoms with Crippen molar-refractivity contribution in [2.75, 3.05) is 33.4 Å². The molecule has 4 N–H and O–H groups in total. The van der Waals surface area contributed by atoms with E-state index in [4.69, 9.17) is 19.9 Å². The third-order valence-corrected chi connectivity index (χ3v) is 5.11. The monoisotopic (exact) mass is 498 g/mol. The van der Waals surface area contributed by atoms with Gasteiger partial charge in [0.25, 0.3) is 0 Å². The van der Waals surface area contributed by atoms with Gasteiger partial charge in [0.1, 0.15) is 25.1 Å². The zero-order chi connectivity index (χ0) is 25.9. The second-order valence-electron chi connectivity index (χ2n) is 7.79. The van der Waals surface area contributed by atoms with E-state index in [1.54, 1.807) is 31.4 Å². The number of para-hydroxylation sites is 2. The number of halogens is 2. The van der Waals surface area contributed by atoms with Gasteiger partial charge in [0.15, 0.2) is 23.1 Å². The minimum atomic E-state index is -1.02. The molecule has 9 heteroatoms. The highest BCUT2D eigenvalue weighted by Crippen LogP contribution is 2.25. The first-order chi connectivity index (χ1) is 17.4. The van der Waals surface area contributed by atoms with Gasteiger partial charge in [-0.2, -0.15) is 0 Å². The number of hydrogen-bond donors (Lipinski definition) is 3. The molecule has 0 fully saturated rings. The third kappa shape index (κ3) is 7.79. The van der Waals surface area contributed by atoms with Crippen LogP contribution in [-0.2, 0) is 4.79 Å². The molecule has 0 saturated carbocycles. The van der Waals surface area contributed by atoms with Gasteiger partial charge in [-0.3, -0.25) is 4.79 Å². The lowest BCUT2D eigenvalue weighted by Gasteiger charge is -2.14. The van der Waals surface area contributed by atoms with Crippen LogP contribution in [0.5, 0.6) is 17.2 Å². The lowest BCUT2D eigenvalue weighted by Crippen LogP contribution is -2.33. The SMILES string of the molecule is COc1ccccc1OCCNCC(O)COc1ccc(/C(=C\c2ccc(F)c(F)c2)C(N)=O)cc1. The Bertz CT molecular complexity index is 1190. The normalized spacial score (nSPS) is 12.2. The van der Waals surface area contributed by atoms with Gasteiger partial charge in [0.05, 0.1) is 7.11 Å². The number of ether oxygens (including phenoxy) is 3. The smallest absolute Gasteiger partial charge is 0.249 e. The van der Waals surface area contributed by atoms with Crippen LogP contribution in [0.15, 0.2) is 66.7 Å². The van der Waals surface area contributed by atoms with E-state index in [1.165, 1.54) is 12.1 Å². The Kier molecular flexibility index (Phi) is 9.79. The Hall–Kier alpha value is -3.95. The molecular formula is C27H28F2N2O5. The van der Waals surface area contributed by atoms with Crippen LogP contribution >= 0.6 is 0 Å². The second kappa shape index (κ2) is 13.2. The summed E-state index contributed by atoms with van der Waals surface area (Å²) in [5.74, 6) is -0.937. The summed E-state index contributed by atoms with van der Waals surface area (Å²) < 4.78 is 43.1. The summed E-state index contributed by atoms with van der Waals surface area (Å²) in [5, 5.41) is 13.2. The average molecular weight is 499 g/mol. The summed E-state index contributed by atoms with van der Waals surface area (Å²) in [4.78, 5) is 11.9. The predicted molar refractivity (Wildman–Crippen MR) is 133 cm³/mol. The Labute approximate surface area is 208 Å². The van der Waals surface area contributed by atoms with Gasteiger partial charge in [0.2, 0.25) is 5.91 Å². The van der Waals surface area contributed by atoms with E-state index in [9.17, 15) is 18.7 Å². The zero-order valence-electron chi connectivity index (χ0n) is 19.7. The Morgan fingerprint density at radius 2 is 1.75 bits per heavy atom. The van der Waals surface area contributed by atoms with Crippen molar-refractivity contribution in [3.05, 3.63) is 89.5 Å². The fourth-order valence-electron chi connectivity index (χ4n) is 3.29. The Morgan fingerprint density at radius 1 is 1.03 bits per heavy atom. The van der Waals surface area contributed by atoms with Gasteiger partial charge < -0.3 is 30.4 Å². The van der Waals surface area contributed by atoms with Crippen LogP contribution in [-0.4, -0.2) is 50.5 Å². The highest BCUT2D eigenvalue weighted by molar-refractivity contribution is 6.23. The molecule has 0 aromatic heterocycles. The van der Waals surface area contributed by atoms with Crippen LogP contribution in [0.1, 0.15) is 11.1 Å². The lowest BCUT2D eigenvalue weighted by molar-refractivity contribution is -0.112. The average Bonchev–Trinajstić information content (AvgIpc) is 2.88. The maximum Gasteiger partial charge on any atom is 0.249 e. The lowest BCUT2D eigenvalue weighted by atomic mass is 10.0. The topological polar surface area (TPSA) is 103 Å². The number of methoxy groups -OCH3 is 1. The van der Waals surface area contributed by atoms with Gasteiger partial charge in [-0.25, -0.2) is 8.78 Å². The fourth-order valence-corrected chi connectivity index (χ4v) is 3.29. The highest BCUT2D eigenvalue weighted by atomic mass is 19.2. The molecule has 3 aromatic rings. The molecule has 1 unspecified atom stereocenters. The summed E-state index contributed by atoms with van der Waals surface area (Å²) in [6, 6.07) is 17.1. The third-order valence-electron chi connectivity index (χ3n) is 5.11. The first-order valence-corrected chi connectivity index (χ1v) is 11.2. The maximum atomic E-state index is 13.5. The molecule has 190 valence electrons. The summed E-state index contributed by atoms with van der Waals surface area (Å²) in [6.45, 7) is 1.27. The van der Waals surface area contributed by atoms with E-state index in [2.05, 4.69) is 5.32 Å². The van der Waals surface area contributed by atoms with Gasteiger partial charge in [-0.05, 0) is 53.6 Å². The number of carbonyl (C=O) groups is 1. The standard InChI is InChI=1S/C27H28F2N2O5/c1-34-25-4-2-3-5-26(25)35-13-12-31-16-20(32)17-36-21-9-7-19(8-10-21)22(27(30)33)14-18-6-11-23(28)24(29)15-18/h2-11,14-15,20,31-32H,12-13,16-17H2,1H3,(H2,30,33)/b22-14+. The van der Waals surface area contributed by atoms with E-state index in [0.717, 1.165) is 12.1 Å². The van der Waals surface area contributed by atoms with Crippen molar-refractivity contribution in [1.29, 1.82) is 0 Å². The van der Waals surface area contributed by atoms with Crippen LogP contribution in [0.4, 0.5) is 8.78 Å². The number of benzene rings is 3. The molecule has 3 rings (SSSR count). The Morgan fingerprint density at radius 3 is 2.42 bits per heavy atom. The number of aliphatic hydroxyl groups excluding tert-OH is 1. The number of carbonyl (C=O) groups excluding carboxylic acids is 1. The summed E-state index contributed by atoms with van der Waals surface area (Å²) in [5.41, 5.74) is 6.39. The molecule has 0 heterocycles. The molecule has 0 aliphatic carbocycles. The summed E-state index contributed by atoms with van der Waals surface area (Å²) >= 11 is 0. The molecule has 7 nitrogen and oxygen atoms in total. The van der Waals surface area contributed by atoms with Crippen molar-refractivity contribution in [3.8, 4) is 17.2 Å². The van der Waals surface area contributed by atoms with E-state index >= 15 is 0 Å². The first kappa shape index (κ1) is 26.7. The van der Waals surface area contributed by atoms with Gasteiger partial charge in [0, 0.05) is 18.7 Å². The molecule has 0 spiro atoms.